The Labute approximate surface area is 63.8 Å². The molecule has 1 aromatic heterocycles. The van der Waals surface area contributed by atoms with Crippen molar-refractivity contribution in [1.29, 1.82) is 0 Å². The van der Waals surface area contributed by atoms with Crippen molar-refractivity contribution in [3.63, 3.8) is 0 Å². The molecule has 0 bridgehead atoms. The summed E-state index contributed by atoms with van der Waals surface area (Å²) in [5.74, 6) is 0. The third kappa shape index (κ3) is 0.835. The number of hydrogen-bond acceptors (Lipinski definition) is 1. The van der Waals surface area contributed by atoms with Crippen molar-refractivity contribution in [2.45, 2.75) is 0 Å². The molecule has 1 aromatic carbocycles. The Bertz CT molecular complexity index is 389. The van der Waals surface area contributed by atoms with Crippen molar-refractivity contribution in [3.8, 4) is 0 Å². The fourth-order valence-corrected chi connectivity index (χ4v) is 1.17. The van der Waals surface area contributed by atoms with Gasteiger partial charge in [0.15, 0.2) is 0 Å². The van der Waals surface area contributed by atoms with Crippen LogP contribution in [0.2, 0.25) is 0 Å². The third-order valence-electron chi connectivity index (χ3n) is 1.72. The smallest absolute Gasteiger partial charge is 0.234 e. The highest BCUT2D eigenvalue weighted by atomic mass is 16.1. The fraction of sp³-hybridized carbons (Fsp3) is 0. The molecular weight excluding hydrogens is 138 g/mol. The summed E-state index contributed by atoms with van der Waals surface area (Å²) in [6.07, 6.45) is 5.54. The van der Waals surface area contributed by atoms with Crippen LogP contribution < -0.4 is 0 Å². The molecule has 2 nitrogen and oxygen atoms in total. The summed E-state index contributed by atoms with van der Waals surface area (Å²) in [5.41, 5.74) is 0.615. The molecule has 2 heteroatoms. The lowest BCUT2D eigenvalue weighted by atomic mass is 10.1. The predicted octanol–water partition coefficient (Wildman–Crippen LogP) is 1.63. The van der Waals surface area contributed by atoms with Crippen LogP contribution in [0.25, 0.3) is 10.8 Å². The number of H-pyrrole nitrogens is 1. The van der Waals surface area contributed by atoms with Crippen LogP contribution in [-0.4, -0.2) is 11.3 Å². The first-order valence-electron chi connectivity index (χ1n) is 3.35. The van der Waals surface area contributed by atoms with Gasteiger partial charge in [-0.1, -0.05) is 18.2 Å². The maximum absolute atomic E-state index is 10.4. The van der Waals surface area contributed by atoms with Crippen molar-refractivity contribution in [3.05, 3.63) is 36.2 Å². The Hall–Kier alpha value is -1.57. The molecule has 0 saturated heterocycles. The Kier molecular flexibility index (Phi) is 1.25. The summed E-state index contributed by atoms with van der Waals surface area (Å²) in [7, 11) is 0. The van der Waals surface area contributed by atoms with Crippen molar-refractivity contribution < 1.29 is 4.79 Å². The highest BCUT2D eigenvalue weighted by Crippen LogP contribution is 2.15. The molecule has 2 aromatic rings. The molecule has 0 amide bonds. The molecule has 1 N–H and O–H groups in total. The second-order valence-electron chi connectivity index (χ2n) is 2.37. The largest absolute Gasteiger partial charge is 0.366 e. The standard InChI is InChI=1S/C9H6NO/c11-6-8-3-1-2-7-4-10-5-9(7)8/h1-5,10H. The third-order valence-corrected chi connectivity index (χ3v) is 1.72. The lowest BCUT2D eigenvalue weighted by molar-refractivity contribution is 0.563. The van der Waals surface area contributed by atoms with Crippen LogP contribution in [0.15, 0.2) is 30.6 Å². The first-order chi connectivity index (χ1) is 5.42. The van der Waals surface area contributed by atoms with Gasteiger partial charge in [0.25, 0.3) is 0 Å². The van der Waals surface area contributed by atoms with E-state index in [1.807, 2.05) is 24.6 Å². The summed E-state index contributed by atoms with van der Waals surface area (Å²) in [5, 5.41) is 1.98. The Balaban J connectivity index is 2.88. The lowest BCUT2D eigenvalue weighted by Crippen LogP contribution is -1.78. The van der Waals surface area contributed by atoms with Gasteiger partial charge in [0.1, 0.15) is 0 Å². The van der Waals surface area contributed by atoms with Gasteiger partial charge in [-0.25, -0.2) is 0 Å². The van der Waals surface area contributed by atoms with E-state index in [0.29, 0.717) is 5.56 Å². The van der Waals surface area contributed by atoms with Gasteiger partial charge in [-0.3, -0.25) is 4.79 Å². The van der Waals surface area contributed by atoms with Crippen molar-refractivity contribution in [2.24, 2.45) is 0 Å². The second kappa shape index (κ2) is 2.23. The van der Waals surface area contributed by atoms with Gasteiger partial charge in [0, 0.05) is 23.3 Å². The van der Waals surface area contributed by atoms with E-state index in [4.69, 9.17) is 0 Å². The quantitative estimate of drug-likeness (QED) is 0.648. The van der Waals surface area contributed by atoms with E-state index in [2.05, 4.69) is 4.98 Å². The predicted molar refractivity (Wildman–Crippen MR) is 43.1 cm³/mol. The average Bonchev–Trinajstić information content (AvgIpc) is 2.50. The Morgan fingerprint density at radius 2 is 2.18 bits per heavy atom. The highest BCUT2D eigenvalue weighted by molar-refractivity contribution is 5.97. The number of nitrogens with one attached hydrogen (secondary N) is 1. The number of benzene rings is 1. The first-order valence-corrected chi connectivity index (χ1v) is 3.35. The minimum Gasteiger partial charge on any atom is -0.366 e. The molecule has 0 aliphatic rings. The molecule has 0 spiro atoms. The van der Waals surface area contributed by atoms with Crippen LogP contribution in [0.4, 0.5) is 0 Å². The minimum absolute atomic E-state index is 0.615. The molecule has 0 aliphatic carbocycles. The summed E-state index contributed by atoms with van der Waals surface area (Å²) >= 11 is 0. The van der Waals surface area contributed by atoms with Gasteiger partial charge in [-0.05, 0) is 5.39 Å². The minimum atomic E-state index is 0.615. The molecule has 53 valence electrons. The molecule has 1 radical (unpaired) electrons. The van der Waals surface area contributed by atoms with Crippen LogP contribution in [0.3, 0.4) is 0 Å². The molecular formula is C9H6NO. The number of aromatic amines is 1. The maximum Gasteiger partial charge on any atom is 0.234 e. The van der Waals surface area contributed by atoms with E-state index in [9.17, 15) is 4.79 Å². The van der Waals surface area contributed by atoms with Crippen LogP contribution in [0.1, 0.15) is 5.56 Å². The maximum atomic E-state index is 10.4. The zero-order valence-corrected chi connectivity index (χ0v) is 5.79. The summed E-state index contributed by atoms with van der Waals surface area (Å²) in [6, 6.07) is 5.55. The number of rotatable bonds is 1. The van der Waals surface area contributed by atoms with E-state index >= 15 is 0 Å². The van der Waals surface area contributed by atoms with Gasteiger partial charge in [-0.15, -0.1) is 0 Å². The van der Waals surface area contributed by atoms with Gasteiger partial charge in [-0.2, -0.15) is 0 Å². The van der Waals surface area contributed by atoms with Gasteiger partial charge in [0.05, 0.1) is 0 Å². The van der Waals surface area contributed by atoms with Crippen molar-refractivity contribution in [2.75, 3.05) is 0 Å². The summed E-state index contributed by atoms with van der Waals surface area (Å²) < 4.78 is 0. The molecule has 0 saturated carbocycles. The van der Waals surface area contributed by atoms with Crippen LogP contribution in [-0.2, 0) is 4.79 Å². The summed E-state index contributed by atoms with van der Waals surface area (Å²) in [6.45, 7) is 0. The van der Waals surface area contributed by atoms with E-state index < -0.39 is 0 Å². The van der Waals surface area contributed by atoms with E-state index in [0.717, 1.165) is 10.8 Å². The van der Waals surface area contributed by atoms with E-state index in [1.54, 1.807) is 12.3 Å². The fourth-order valence-electron chi connectivity index (χ4n) is 1.17. The second-order valence-corrected chi connectivity index (χ2v) is 2.37. The number of aromatic nitrogens is 1. The Morgan fingerprint density at radius 3 is 3.00 bits per heavy atom. The normalized spacial score (nSPS) is 10.2. The molecule has 0 aliphatic heterocycles. The molecule has 2 rings (SSSR count). The SMILES string of the molecule is O=[C]c1cccc2c[nH]cc12. The van der Waals surface area contributed by atoms with Crippen LogP contribution in [0.5, 0.6) is 0 Å². The zero-order valence-electron chi connectivity index (χ0n) is 5.79. The number of fused-ring (bicyclic) bond motifs is 1. The monoisotopic (exact) mass is 144 g/mol. The van der Waals surface area contributed by atoms with Crippen LogP contribution >= 0.6 is 0 Å². The number of carbonyl (C=O) groups excluding carboxylic acids is 1. The van der Waals surface area contributed by atoms with Gasteiger partial charge < -0.3 is 4.98 Å². The van der Waals surface area contributed by atoms with Crippen molar-refractivity contribution >= 4 is 17.1 Å². The topological polar surface area (TPSA) is 32.9 Å². The highest BCUT2D eigenvalue weighted by Gasteiger charge is 1.98. The first kappa shape index (κ1) is 6.16. The Morgan fingerprint density at radius 1 is 1.27 bits per heavy atom. The molecule has 0 unspecified atom stereocenters. The lowest BCUT2D eigenvalue weighted by Gasteiger charge is -1.89. The molecule has 1 heterocycles. The zero-order chi connectivity index (χ0) is 7.68. The molecule has 11 heavy (non-hydrogen) atoms. The summed E-state index contributed by atoms with van der Waals surface area (Å²) in [4.78, 5) is 13.3. The van der Waals surface area contributed by atoms with Gasteiger partial charge in [0.2, 0.25) is 6.29 Å². The van der Waals surface area contributed by atoms with Gasteiger partial charge >= 0.3 is 0 Å². The molecule has 0 atom stereocenters. The molecule has 0 fully saturated rings. The van der Waals surface area contributed by atoms with Crippen molar-refractivity contribution in [1.82, 2.24) is 4.98 Å². The van der Waals surface area contributed by atoms with E-state index in [-0.39, 0.29) is 0 Å². The van der Waals surface area contributed by atoms with Crippen LogP contribution in [0, 0.1) is 0 Å². The average molecular weight is 144 g/mol. The number of hydrogen-bond donors (Lipinski definition) is 1. The van der Waals surface area contributed by atoms with E-state index in [1.165, 1.54) is 0 Å².